The number of hydrogen-bond donors (Lipinski definition) is 2. The summed E-state index contributed by atoms with van der Waals surface area (Å²) < 4.78 is 15.5. The number of aromatic amines is 1. The summed E-state index contributed by atoms with van der Waals surface area (Å²) in [7, 11) is -1.21. The van der Waals surface area contributed by atoms with Gasteiger partial charge in [-0.05, 0) is 38.1 Å². The van der Waals surface area contributed by atoms with Crippen LogP contribution in [0.15, 0.2) is 36.4 Å². The van der Waals surface area contributed by atoms with Crippen LogP contribution in [0.2, 0.25) is 5.02 Å². The molecule has 7 nitrogen and oxygen atoms in total. The van der Waals surface area contributed by atoms with Crippen molar-refractivity contribution in [2.45, 2.75) is 25.8 Å². The number of aromatic nitrogens is 4. The van der Waals surface area contributed by atoms with Crippen LogP contribution >= 0.6 is 11.6 Å². The van der Waals surface area contributed by atoms with E-state index < -0.39 is 16.5 Å². The average Bonchev–Trinajstić information content (AvgIpc) is 3.15. The monoisotopic (exact) mass is 416 g/mol. The lowest BCUT2D eigenvalue weighted by Gasteiger charge is -2.44. The number of fused-ring (bicyclic) bond motifs is 2. The van der Waals surface area contributed by atoms with E-state index in [2.05, 4.69) is 62.3 Å². The second-order valence-electron chi connectivity index (χ2n) is 7.09. The highest BCUT2D eigenvalue weighted by molar-refractivity contribution is 7.82. The molecule has 1 aliphatic rings. The number of tetrazole rings is 1. The fourth-order valence-corrected chi connectivity index (χ4v) is 4.81. The van der Waals surface area contributed by atoms with Gasteiger partial charge in [-0.2, -0.15) is 5.21 Å². The average molecular weight is 417 g/mol. The van der Waals surface area contributed by atoms with Crippen LogP contribution in [-0.2, 0) is 22.9 Å². The molecule has 0 spiro atoms. The van der Waals surface area contributed by atoms with Crippen LogP contribution in [0.5, 0.6) is 0 Å². The summed E-state index contributed by atoms with van der Waals surface area (Å²) in [5, 5.41) is 14.9. The molecule has 146 valence electrons. The van der Waals surface area contributed by atoms with Crippen LogP contribution in [-0.4, -0.2) is 37.6 Å². The van der Waals surface area contributed by atoms with Crippen molar-refractivity contribution in [1.82, 2.24) is 25.3 Å². The molecular formula is C19H21ClN6OS. The molecule has 2 unspecified atom stereocenters. The number of benzene rings is 2. The number of rotatable bonds is 5. The smallest absolute Gasteiger partial charge is 0.176 e. The van der Waals surface area contributed by atoms with Gasteiger partial charge >= 0.3 is 0 Å². The first-order chi connectivity index (χ1) is 13.4. The third kappa shape index (κ3) is 3.32. The maximum Gasteiger partial charge on any atom is 0.176 e. The molecule has 0 saturated carbocycles. The zero-order valence-corrected chi connectivity index (χ0v) is 17.4. The highest BCUT2D eigenvalue weighted by Gasteiger charge is 2.40. The molecule has 2 atom stereocenters. The Morgan fingerprint density at radius 1 is 1.21 bits per heavy atom. The van der Waals surface area contributed by atoms with Crippen LogP contribution in [0.4, 0.5) is 11.4 Å². The molecular weight excluding hydrogens is 396 g/mol. The number of halogens is 1. The Morgan fingerprint density at radius 3 is 2.61 bits per heavy atom. The zero-order valence-electron chi connectivity index (χ0n) is 15.9. The van der Waals surface area contributed by atoms with Crippen LogP contribution in [0, 0.1) is 6.92 Å². The van der Waals surface area contributed by atoms with Crippen molar-refractivity contribution in [2.24, 2.45) is 0 Å². The molecule has 2 N–H and O–H groups in total. The summed E-state index contributed by atoms with van der Waals surface area (Å²) in [5.74, 6) is 0.658. The van der Waals surface area contributed by atoms with E-state index in [0.717, 1.165) is 28.1 Å². The molecule has 0 aliphatic carbocycles. The van der Waals surface area contributed by atoms with Crippen molar-refractivity contribution < 1.29 is 4.21 Å². The standard InChI is InChI=1S/C19H21ClN6OS/c1-12-4-6-16-14(10-12)19(2,23-28(3)27)15-11-13(20)5-7-17(15)26(16)9-8-18-21-24-25-22-18/h4-7,10-11,23H,8-9H2,1-3H3,(H,21,22,24,25). The normalized spacial score (nSPS) is 19.2. The van der Waals surface area contributed by atoms with Gasteiger partial charge in [0.2, 0.25) is 0 Å². The van der Waals surface area contributed by atoms with E-state index in [9.17, 15) is 4.21 Å². The van der Waals surface area contributed by atoms with Crippen molar-refractivity contribution in [3.8, 4) is 0 Å². The van der Waals surface area contributed by atoms with Crippen molar-refractivity contribution in [3.05, 3.63) is 63.9 Å². The van der Waals surface area contributed by atoms with Gasteiger partial charge in [0.25, 0.3) is 0 Å². The molecule has 1 aromatic heterocycles. The predicted octanol–water partition coefficient (Wildman–Crippen LogP) is 3.00. The van der Waals surface area contributed by atoms with Gasteiger partial charge in [0.15, 0.2) is 5.82 Å². The maximum atomic E-state index is 12.2. The molecule has 2 heterocycles. The molecule has 1 aliphatic heterocycles. The Hall–Kier alpha value is -2.29. The lowest BCUT2D eigenvalue weighted by Crippen LogP contribution is -2.46. The van der Waals surface area contributed by atoms with Gasteiger partial charge in [0.1, 0.15) is 0 Å². The molecule has 2 aromatic carbocycles. The number of aryl methyl sites for hydroxylation is 1. The van der Waals surface area contributed by atoms with Crippen LogP contribution in [0.25, 0.3) is 0 Å². The summed E-state index contributed by atoms with van der Waals surface area (Å²) in [5.41, 5.74) is 4.63. The molecule has 0 fully saturated rings. The van der Waals surface area contributed by atoms with Gasteiger partial charge in [0.05, 0.1) is 16.5 Å². The predicted molar refractivity (Wildman–Crippen MR) is 111 cm³/mol. The first-order valence-corrected chi connectivity index (χ1v) is 10.8. The van der Waals surface area contributed by atoms with Gasteiger partial charge in [-0.25, -0.2) is 8.93 Å². The number of anilines is 2. The van der Waals surface area contributed by atoms with E-state index in [1.807, 2.05) is 18.2 Å². The van der Waals surface area contributed by atoms with Gasteiger partial charge in [0, 0.05) is 46.7 Å². The Bertz CT molecular complexity index is 985. The Kier molecular flexibility index (Phi) is 4.95. The minimum Gasteiger partial charge on any atom is -0.340 e. The van der Waals surface area contributed by atoms with Crippen molar-refractivity contribution in [2.75, 3.05) is 17.7 Å². The molecule has 4 rings (SSSR count). The third-order valence-electron chi connectivity index (χ3n) is 5.07. The summed E-state index contributed by atoms with van der Waals surface area (Å²) in [6.45, 7) is 4.79. The quantitative estimate of drug-likeness (QED) is 0.667. The van der Waals surface area contributed by atoms with Crippen molar-refractivity contribution >= 4 is 34.0 Å². The minimum absolute atomic E-state index is 0.635. The van der Waals surface area contributed by atoms with Gasteiger partial charge < -0.3 is 4.90 Å². The van der Waals surface area contributed by atoms with Crippen LogP contribution < -0.4 is 9.62 Å². The van der Waals surface area contributed by atoms with Crippen molar-refractivity contribution in [1.29, 1.82) is 0 Å². The first-order valence-electron chi connectivity index (χ1n) is 8.91. The molecule has 0 saturated heterocycles. The Labute approximate surface area is 171 Å². The number of hydrogen-bond acceptors (Lipinski definition) is 5. The van der Waals surface area contributed by atoms with E-state index in [1.165, 1.54) is 0 Å². The number of H-pyrrole nitrogens is 1. The second kappa shape index (κ2) is 7.27. The summed E-state index contributed by atoms with van der Waals surface area (Å²) >= 11 is 6.35. The van der Waals surface area contributed by atoms with E-state index in [0.29, 0.717) is 23.8 Å². The lowest BCUT2D eigenvalue weighted by molar-refractivity contribution is 0.529. The highest BCUT2D eigenvalue weighted by atomic mass is 35.5. The van der Waals surface area contributed by atoms with Crippen LogP contribution in [0.3, 0.4) is 0 Å². The molecule has 0 radical (unpaired) electrons. The van der Waals surface area contributed by atoms with Crippen LogP contribution in [0.1, 0.15) is 29.4 Å². The highest BCUT2D eigenvalue weighted by Crippen LogP contribution is 2.48. The summed E-state index contributed by atoms with van der Waals surface area (Å²) in [4.78, 5) is 2.23. The topological polar surface area (TPSA) is 86.8 Å². The number of nitrogens with one attached hydrogen (secondary N) is 2. The molecule has 28 heavy (non-hydrogen) atoms. The fourth-order valence-electron chi connectivity index (χ4n) is 3.84. The first kappa shape index (κ1) is 19.0. The van der Waals surface area contributed by atoms with Crippen molar-refractivity contribution in [3.63, 3.8) is 0 Å². The largest absolute Gasteiger partial charge is 0.340 e. The maximum absolute atomic E-state index is 12.2. The Morgan fingerprint density at radius 2 is 1.93 bits per heavy atom. The number of nitrogens with zero attached hydrogens (tertiary/aromatic N) is 4. The molecule has 0 amide bonds. The molecule has 9 heteroatoms. The van der Waals surface area contributed by atoms with E-state index in [1.54, 1.807) is 6.26 Å². The SMILES string of the molecule is Cc1ccc2c(c1)C(C)(NS(C)=O)c1cc(Cl)ccc1N2CCc1nn[nH]n1. The van der Waals surface area contributed by atoms with E-state index in [-0.39, 0.29) is 0 Å². The van der Waals surface area contributed by atoms with Gasteiger partial charge in [-0.1, -0.05) is 34.5 Å². The third-order valence-corrected chi connectivity index (χ3v) is 6.00. The van der Waals surface area contributed by atoms with E-state index in [4.69, 9.17) is 11.6 Å². The fraction of sp³-hybridized carbons (Fsp3) is 0.316. The molecule has 0 bridgehead atoms. The Balaban J connectivity index is 1.88. The molecule has 3 aromatic rings. The van der Waals surface area contributed by atoms with Gasteiger partial charge in [-0.3, -0.25) is 0 Å². The summed E-state index contributed by atoms with van der Waals surface area (Å²) in [6.07, 6.45) is 2.28. The van der Waals surface area contributed by atoms with E-state index >= 15 is 0 Å². The second-order valence-corrected chi connectivity index (χ2v) is 8.64. The lowest BCUT2D eigenvalue weighted by atomic mass is 9.79. The summed E-state index contributed by atoms with van der Waals surface area (Å²) in [6, 6.07) is 12.2. The zero-order chi connectivity index (χ0) is 19.9. The van der Waals surface area contributed by atoms with Gasteiger partial charge in [-0.15, -0.1) is 10.2 Å². The minimum atomic E-state index is -1.21.